The average Bonchev–Trinajstić information content (AvgIpc) is 3.45. The number of fused-ring (bicyclic) bond motifs is 1. The Balaban J connectivity index is 1.21. The molecule has 0 saturated carbocycles. The van der Waals surface area contributed by atoms with Gasteiger partial charge in [-0.15, -0.1) is 11.3 Å². The second kappa shape index (κ2) is 9.86. The third kappa shape index (κ3) is 4.68. The van der Waals surface area contributed by atoms with Crippen LogP contribution in [0.25, 0.3) is 21.3 Å². The molecule has 170 valence electrons. The van der Waals surface area contributed by atoms with Crippen LogP contribution in [0.15, 0.2) is 42.0 Å². The number of rotatable bonds is 7. The van der Waals surface area contributed by atoms with Gasteiger partial charge >= 0.3 is 0 Å². The zero-order chi connectivity index (χ0) is 21.9. The molecule has 4 heterocycles. The molecule has 2 aliphatic heterocycles. The number of piperidine rings is 1. The Hall–Kier alpha value is -2.02. The lowest BCUT2D eigenvalue weighted by Crippen LogP contribution is -2.39. The molecule has 2 saturated heterocycles. The van der Waals surface area contributed by atoms with E-state index in [0.29, 0.717) is 0 Å². The number of benzene rings is 1. The van der Waals surface area contributed by atoms with E-state index < -0.39 is 0 Å². The minimum Gasteiger partial charge on any atom is -0.356 e. The van der Waals surface area contributed by atoms with E-state index in [4.69, 9.17) is 4.98 Å². The van der Waals surface area contributed by atoms with E-state index in [9.17, 15) is 0 Å². The van der Waals surface area contributed by atoms with Crippen molar-refractivity contribution in [1.29, 1.82) is 0 Å². The van der Waals surface area contributed by atoms with Crippen molar-refractivity contribution in [2.75, 3.05) is 51.7 Å². The maximum Gasteiger partial charge on any atom is 0.141 e. The molecule has 5 nitrogen and oxygen atoms in total. The summed E-state index contributed by atoms with van der Waals surface area (Å²) in [4.78, 5) is 18.0. The molecule has 2 aliphatic rings. The van der Waals surface area contributed by atoms with Gasteiger partial charge in [0.1, 0.15) is 17.0 Å². The van der Waals surface area contributed by atoms with Gasteiger partial charge in [-0.2, -0.15) is 0 Å². The molecule has 6 heteroatoms. The number of hydrogen-bond acceptors (Lipinski definition) is 6. The van der Waals surface area contributed by atoms with E-state index >= 15 is 0 Å². The molecule has 0 spiro atoms. The number of anilines is 1. The standard InChI is InChI=1S/C26H35N5S/c1-29(14-12-22-9-6-13-30(22)2)17-20-10-15-31(16-11-20)25-24-23(21-7-4-3-5-8-21)18-32-26(24)28-19-27-25/h3-5,7-8,18-20,22H,6,9-17H2,1-2H3. The van der Waals surface area contributed by atoms with Gasteiger partial charge in [0.25, 0.3) is 0 Å². The third-order valence-corrected chi connectivity index (χ3v) is 8.32. The van der Waals surface area contributed by atoms with E-state index in [1.54, 1.807) is 17.7 Å². The maximum absolute atomic E-state index is 4.76. The number of nitrogens with zero attached hydrogens (tertiary/aromatic N) is 5. The predicted molar refractivity (Wildman–Crippen MR) is 136 cm³/mol. The molecule has 1 aromatic carbocycles. The Morgan fingerprint density at radius 2 is 1.88 bits per heavy atom. The van der Waals surface area contributed by atoms with Crippen LogP contribution in [-0.4, -0.2) is 72.6 Å². The highest BCUT2D eigenvalue weighted by molar-refractivity contribution is 7.17. The molecule has 5 rings (SSSR count). The molecule has 0 radical (unpaired) electrons. The molecule has 2 fully saturated rings. The molecule has 2 aromatic heterocycles. The molecule has 32 heavy (non-hydrogen) atoms. The zero-order valence-electron chi connectivity index (χ0n) is 19.4. The zero-order valence-corrected chi connectivity index (χ0v) is 20.2. The van der Waals surface area contributed by atoms with Crippen LogP contribution in [0, 0.1) is 5.92 Å². The van der Waals surface area contributed by atoms with Gasteiger partial charge in [-0.3, -0.25) is 0 Å². The first kappa shape index (κ1) is 21.8. The molecule has 1 atom stereocenters. The number of hydrogen-bond donors (Lipinski definition) is 0. The number of likely N-dealkylation sites (tertiary alicyclic amines) is 1. The fraction of sp³-hybridized carbons (Fsp3) is 0.538. The van der Waals surface area contributed by atoms with Gasteiger partial charge in [-0.05, 0) is 70.8 Å². The van der Waals surface area contributed by atoms with Crippen LogP contribution in [0.3, 0.4) is 0 Å². The van der Waals surface area contributed by atoms with E-state index in [1.165, 1.54) is 68.3 Å². The molecule has 1 unspecified atom stereocenters. The normalized spacial score (nSPS) is 20.6. The smallest absolute Gasteiger partial charge is 0.141 e. The van der Waals surface area contributed by atoms with Crippen molar-refractivity contribution in [3.63, 3.8) is 0 Å². The lowest BCUT2D eigenvalue weighted by molar-refractivity contribution is 0.215. The van der Waals surface area contributed by atoms with Crippen molar-refractivity contribution >= 4 is 27.4 Å². The van der Waals surface area contributed by atoms with E-state index in [0.717, 1.165) is 35.7 Å². The van der Waals surface area contributed by atoms with Crippen molar-refractivity contribution < 1.29 is 0 Å². The minimum absolute atomic E-state index is 0.783. The largest absolute Gasteiger partial charge is 0.356 e. The van der Waals surface area contributed by atoms with Crippen LogP contribution < -0.4 is 4.90 Å². The predicted octanol–water partition coefficient (Wildman–Crippen LogP) is 4.99. The van der Waals surface area contributed by atoms with Crippen LogP contribution >= 0.6 is 11.3 Å². The molecule has 0 amide bonds. The SMILES string of the molecule is CN(CCC1CCCN1C)CC1CCN(c2ncnc3scc(-c4ccccc4)c23)CC1. The van der Waals surface area contributed by atoms with Crippen LogP contribution in [0.4, 0.5) is 5.82 Å². The minimum atomic E-state index is 0.783. The van der Waals surface area contributed by atoms with Crippen molar-refractivity contribution in [2.24, 2.45) is 5.92 Å². The van der Waals surface area contributed by atoms with Gasteiger partial charge in [0.15, 0.2) is 0 Å². The number of aromatic nitrogens is 2. The summed E-state index contributed by atoms with van der Waals surface area (Å²) < 4.78 is 0. The summed E-state index contributed by atoms with van der Waals surface area (Å²) in [7, 11) is 4.60. The lowest BCUT2D eigenvalue weighted by Gasteiger charge is -2.35. The summed E-state index contributed by atoms with van der Waals surface area (Å²) in [5.74, 6) is 1.90. The highest BCUT2D eigenvalue weighted by atomic mass is 32.1. The summed E-state index contributed by atoms with van der Waals surface area (Å²) in [6.45, 7) is 5.88. The molecule has 0 aliphatic carbocycles. The van der Waals surface area contributed by atoms with Gasteiger partial charge < -0.3 is 14.7 Å². The van der Waals surface area contributed by atoms with Crippen molar-refractivity contribution in [1.82, 2.24) is 19.8 Å². The Morgan fingerprint density at radius 3 is 2.62 bits per heavy atom. The monoisotopic (exact) mass is 449 g/mol. The Labute approximate surface area is 196 Å². The van der Waals surface area contributed by atoms with Crippen molar-refractivity contribution in [3.8, 4) is 11.1 Å². The maximum atomic E-state index is 4.76. The summed E-state index contributed by atoms with van der Waals surface area (Å²) in [6.07, 6.45) is 8.28. The molecule has 0 bridgehead atoms. The van der Waals surface area contributed by atoms with E-state index in [1.807, 2.05) is 0 Å². The highest BCUT2D eigenvalue weighted by Gasteiger charge is 2.25. The molecule has 3 aromatic rings. The van der Waals surface area contributed by atoms with Crippen molar-refractivity contribution in [3.05, 3.63) is 42.0 Å². The van der Waals surface area contributed by atoms with Crippen LogP contribution in [0.2, 0.25) is 0 Å². The summed E-state index contributed by atoms with van der Waals surface area (Å²) in [5, 5.41) is 3.46. The first-order valence-corrected chi connectivity index (χ1v) is 13.0. The van der Waals surface area contributed by atoms with Crippen LogP contribution in [-0.2, 0) is 0 Å². The highest BCUT2D eigenvalue weighted by Crippen LogP contribution is 2.38. The second-order valence-electron chi connectivity index (χ2n) is 9.65. The summed E-state index contributed by atoms with van der Waals surface area (Å²) in [5.41, 5.74) is 2.51. The van der Waals surface area contributed by atoms with Gasteiger partial charge in [0.2, 0.25) is 0 Å². The Morgan fingerprint density at radius 1 is 1.06 bits per heavy atom. The van der Waals surface area contributed by atoms with Crippen LogP contribution in [0.1, 0.15) is 32.1 Å². The molecular formula is C26H35N5S. The topological polar surface area (TPSA) is 35.5 Å². The summed E-state index contributed by atoms with van der Waals surface area (Å²) >= 11 is 1.72. The van der Waals surface area contributed by atoms with Gasteiger partial charge in [-0.1, -0.05) is 30.3 Å². The molecule has 0 N–H and O–H groups in total. The first-order valence-electron chi connectivity index (χ1n) is 12.1. The van der Waals surface area contributed by atoms with Gasteiger partial charge in [0, 0.05) is 36.6 Å². The quantitative estimate of drug-likeness (QED) is 0.508. The number of thiophene rings is 1. The van der Waals surface area contributed by atoms with E-state index in [2.05, 4.69) is 69.5 Å². The average molecular weight is 450 g/mol. The molecular weight excluding hydrogens is 414 g/mol. The first-order chi connectivity index (χ1) is 15.7. The van der Waals surface area contributed by atoms with Gasteiger partial charge in [0.05, 0.1) is 5.39 Å². The van der Waals surface area contributed by atoms with Crippen molar-refractivity contribution in [2.45, 2.75) is 38.1 Å². The Kier molecular flexibility index (Phi) is 6.72. The second-order valence-corrected chi connectivity index (χ2v) is 10.5. The summed E-state index contributed by atoms with van der Waals surface area (Å²) in [6, 6.07) is 11.4. The third-order valence-electron chi connectivity index (χ3n) is 7.43. The lowest BCUT2D eigenvalue weighted by atomic mass is 9.95. The van der Waals surface area contributed by atoms with E-state index in [-0.39, 0.29) is 0 Å². The fourth-order valence-electron chi connectivity index (χ4n) is 5.50. The fourth-order valence-corrected chi connectivity index (χ4v) is 6.41. The van der Waals surface area contributed by atoms with Crippen LogP contribution in [0.5, 0.6) is 0 Å². The van der Waals surface area contributed by atoms with Gasteiger partial charge in [-0.25, -0.2) is 9.97 Å². The Bertz CT molecular complexity index is 1010.